The lowest BCUT2D eigenvalue weighted by molar-refractivity contribution is -0.384. The third-order valence-corrected chi connectivity index (χ3v) is 6.53. The summed E-state index contributed by atoms with van der Waals surface area (Å²) < 4.78 is 0. The van der Waals surface area contributed by atoms with Gasteiger partial charge in [0.25, 0.3) is 11.6 Å². The molecule has 7 nitrogen and oxygen atoms in total. The van der Waals surface area contributed by atoms with E-state index in [1.165, 1.54) is 18.2 Å². The Bertz CT molecular complexity index is 868. The molecule has 2 aromatic rings. The number of nitro groups is 1. The summed E-state index contributed by atoms with van der Waals surface area (Å²) in [5.41, 5.74) is 7.65. The molecule has 1 aromatic carbocycles. The second kappa shape index (κ2) is 8.06. The Balaban J connectivity index is 0.00000225. The molecule has 0 radical (unpaired) electrons. The van der Waals surface area contributed by atoms with Crippen molar-refractivity contribution in [3.05, 3.63) is 56.3 Å². The first-order valence-corrected chi connectivity index (χ1v) is 10.0. The molecule has 1 saturated heterocycles. The van der Waals surface area contributed by atoms with Gasteiger partial charge in [0.2, 0.25) is 0 Å². The van der Waals surface area contributed by atoms with Crippen molar-refractivity contribution in [1.29, 1.82) is 0 Å². The summed E-state index contributed by atoms with van der Waals surface area (Å²) in [6, 6.07) is 6.25. The molecule has 1 aliphatic carbocycles. The van der Waals surface area contributed by atoms with Gasteiger partial charge in [0.15, 0.2) is 0 Å². The van der Waals surface area contributed by atoms with Gasteiger partial charge in [0, 0.05) is 30.4 Å². The smallest absolute Gasteiger partial charge is 0.270 e. The van der Waals surface area contributed by atoms with Crippen LogP contribution in [0.4, 0.5) is 11.4 Å². The Morgan fingerprint density at radius 1 is 1.36 bits per heavy atom. The lowest BCUT2D eigenvalue weighted by Gasteiger charge is -2.30. The van der Waals surface area contributed by atoms with Crippen LogP contribution < -0.4 is 11.1 Å². The molecule has 1 atom stereocenters. The van der Waals surface area contributed by atoms with Gasteiger partial charge >= 0.3 is 0 Å². The van der Waals surface area contributed by atoms with Crippen LogP contribution in [0.5, 0.6) is 0 Å². The van der Waals surface area contributed by atoms with Gasteiger partial charge in [0.1, 0.15) is 0 Å². The van der Waals surface area contributed by atoms with Crippen LogP contribution in [0, 0.1) is 15.5 Å². The third kappa shape index (κ3) is 3.85. The lowest BCUT2D eigenvalue weighted by Crippen LogP contribution is -2.39. The molecule has 1 amide bonds. The number of thiophene rings is 1. The van der Waals surface area contributed by atoms with Gasteiger partial charge in [-0.15, -0.1) is 12.4 Å². The molecule has 28 heavy (non-hydrogen) atoms. The number of nitro benzene ring substituents is 1. The summed E-state index contributed by atoms with van der Waals surface area (Å²) in [5.74, 6) is -0.220. The summed E-state index contributed by atoms with van der Waals surface area (Å²) in [6.45, 7) is 2.44. The molecule has 0 bridgehead atoms. The van der Waals surface area contributed by atoms with Crippen molar-refractivity contribution in [2.45, 2.75) is 31.8 Å². The maximum absolute atomic E-state index is 13.4. The second-order valence-electron chi connectivity index (χ2n) is 7.43. The van der Waals surface area contributed by atoms with Gasteiger partial charge in [-0.3, -0.25) is 14.9 Å². The highest BCUT2D eigenvalue weighted by atomic mass is 35.5. The number of non-ortho nitro benzene ring substituents is 1. The average molecular weight is 423 g/mol. The van der Waals surface area contributed by atoms with Crippen LogP contribution in [0.25, 0.3) is 0 Å². The molecular weight excluding hydrogens is 400 g/mol. The van der Waals surface area contributed by atoms with Crippen molar-refractivity contribution in [2.24, 2.45) is 5.41 Å². The van der Waals surface area contributed by atoms with E-state index in [1.807, 2.05) is 21.7 Å². The Labute approximate surface area is 173 Å². The van der Waals surface area contributed by atoms with Gasteiger partial charge in [-0.25, -0.2) is 0 Å². The largest absolute Gasteiger partial charge is 0.398 e. The van der Waals surface area contributed by atoms with Crippen LogP contribution in [-0.2, 0) is 6.54 Å². The van der Waals surface area contributed by atoms with Crippen molar-refractivity contribution >= 4 is 41.0 Å². The average Bonchev–Trinajstić information content (AvgIpc) is 3.09. The molecule has 2 heterocycles. The topological polar surface area (TPSA) is 101 Å². The van der Waals surface area contributed by atoms with Crippen molar-refractivity contribution in [3.8, 4) is 0 Å². The van der Waals surface area contributed by atoms with E-state index >= 15 is 0 Å². The third-order valence-electron chi connectivity index (χ3n) is 5.79. The number of nitrogens with two attached hydrogens (primary N) is 1. The minimum Gasteiger partial charge on any atom is -0.398 e. The quantitative estimate of drug-likeness (QED) is 0.436. The van der Waals surface area contributed by atoms with Crippen molar-refractivity contribution in [2.75, 3.05) is 18.8 Å². The predicted molar refractivity (Wildman–Crippen MR) is 112 cm³/mol. The number of halogens is 1. The monoisotopic (exact) mass is 422 g/mol. The fourth-order valence-electron chi connectivity index (χ4n) is 4.13. The number of rotatable bonds is 5. The molecule has 1 spiro atoms. The number of piperidine rings is 1. The van der Waals surface area contributed by atoms with Crippen LogP contribution >= 0.6 is 23.7 Å². The Morgan fingerprint density at radius 2 is 2.11 bits per heavy atom. The Kier molecular flexibility index (Phi) is 5.92. The van der Waals surface area contributed by atoms with Crippen molar-refractivity contribution in [1.82, 2.24) is 10.2 Å². The van der Waals surface area contributed by atoms with E-state index in [2.05, 4.69) is 5.32 Å². The van der Waals surface area contributed by atoms with E-state index in [0.717, 1.165) is 37.9 Å². The summed E-state index contributed by atoms with van der Waals surface area (Å²) >= 11 is 1.60. The number of amides is 1. The highest BCUT2D eigenvalue weighted by Gasteiger charge is 2.57. The van der Waals surface area contributed by atoms with E-state index < -0.39 is 4.92 Å². The maximum atomic E-state index is 13.4. The van der Waals surface area contributed by atoms with Crippen molar-refractivity contribution in [3.63, 3.8) is 0 Å². The zero-order valence-electron chi connectivity index (χ0n) is 15.3. The maximum Gasteiger partial charge on any atom is 0.270 e. The van der Waals surface area contributed by atoms with Gasteiger partial charge in [-0.05, 0) is 66.2 Å². The van der Waals surface area contributed by atoms with Crippen LogP contribution in [0.15, 0.2) is 35.0 Å². The van der Waals surface area contributed by atoms with E-state index in [9.17, 15) is 14.9 Å². The fraction of sp³-hybridized carbons (Fsp3) is 0.421. The fourth-order valence-corrected chi connectivity index (χ4v) is 4.79. The standard InChI is InChI=1S/C19H22N4O3S.ClH/c20-16-2-1-14(23(25)26)9-15(16)18(24)22(11-13-3-8-27-12-13)17-10-19(17)4-6-21-7-5-19;/h1-3,8-9,12,17,21H,4-7,10-11,20H2;1H. The molecule has 1 aliphatic heterocycles. The second-order valence-corrected chi connectivity index (χ2v) is 8.21. The van der Waals surface area contributed by atoms with Gasteiger partial charge < -0.3 is 16.0 Å². The van der Waals surface area contributed by atoms with Crippen LogP contribution in [0.3, 0.4) is 0 Å². The molecule has 150 valence electrons. The first-order valence-electron chi connectivity index (χ1n) is 9.07. The van der Waals surface area contributed by atoms with Gasteiger partial charge in [-0.1, -0.05) is 0 Å². The highest BCUT2D eigenvalue weighted by Crippen LogP contribution is 2.56. The summed E-state index contributed by atoms with van der Waals surface area (Å²) in [6.07, 6.45) is 3.09. The van der Waals surface area contributed by atoms with Crippen molar-refractivity contribution < 1.29 is 9.72 Å². The number of nitrogens with zero attached hydrogens (tertiary/aromatic N) is 2. The molecule has 2 fully saturated rings. The number of nitrogens with one attached hydrogen (secondary N) is 1. The molecule has 4 rings (SSSR count). The summed E-state index contributed by atoms with van der Waals surface area (Å²) in [4.78, 5) is 25.9. The zero-order chi connectivity index (χ0) is 19.0. The number of benzene rings is 1. The number of hydrogen-bond donors (Lipinski definition) is 2. The number of carbonyl (C=O) groups is 1. The first kappa shape index (κ1) is 20.6. The van der Waals surface area contributed by atoms with E-state index in [1.54, 1.807) is 11.3 Å². The molecule has 1 saturated carbocycles. The molecule has 1 unspecified atom stereocenters. The first-order chi connectivity index (χ1) is 13.0. The highest BCUT2D eigenvalue weighted by molar-refractivity contribution is 7.07. The SMILES string of the molecule is Cl.Nc1ccc([N+](=O)[O-])cc1C(=O)N(Cc1ccsc1)C1CC12CCNCC2. The lowest BCUT2D eigenvalue weighted by atomic mass is 9.93. The normalized spacial score (nSPS) is 19.6. The zero-order valence-corrected chi connectivity index (χ0v) is 16.9. The van der Waals surface area contributed by atoms with Crippen LogP contribution in [0.1, 0.15) is 35.2 Å². The minimum absolute atomic E-state index is 0. The van der Waals surface area contributed by atoms with Gasteiger partial charge in [0.05, 0.1) is 10.5 Å². The molecule has 2 aliphatic rings. The molecule has 9 heteroatoms. The Morgan fingerprint density at radius 3 is 2.75 bits per heavy atom. The van der Waals surface area contributed by atoms with Gasteiger partial charge in [-0.2, -0.15) is 11.3 Å². The molecular formula is C19H23ClN4O3S. The number of hydrogen-bond acceptors (Lipinski definition) is 6. The number of anilines is 1. The minimum atomic E-state index is -0.495. The van der Waals surface area contributed by atoms with Crippen LogP contribution in [0.2, 0.25) is 0 Å². The Hall–Kier alpha value is -2.16. The van der Waals surface area contributed by atoms with E-state index in [0.29, 0.717) is 6.54 Å². The predicted octanol–water partition coefficient (Wildman–Crippen LogP) is 3.44. The van der Waals surface area contributed by atoms with E-state index in [-0.39, 0.29) is 46.7 Å². The molecule has 3 N–H and O–H groups in total. The summed E-state index contributed by atoms with van der Waals surface area (Å²) in [7, 11) is 0. The molecule has 1 aromatic heterocycles. The summed E-state index contributed by atoms with van der Waals surface area (Å²) in [5, 5.41) is 18.5. The van der Waals surface area contributed by atoms with Crippen LogP contribution in [-0.4, -0.2) is 34.9 Å². The van der Waals surface area contributed by atoms with E-state index in [4.69, 9.17) is 5.73 Å². The number of nitrogen functional groups attached to an aromatic ring is 1. The number of carbonyl (C=O) groups excluding carboxylic acids is 1.